The van der Waals surface area contributed by atoms with E-state index in [1.54, 1.807) is 24.3 Å². The van der Waals surface area contributed by atoms with Crippen molar-refractivity contribution in [3.63, 3.8) is 0 Å². The fourth-order valence-corrected chi connectivity index (χ4v) is 2.20. The van der Waals surface area contributed by atoms with E-state index in [9.17, 15) is 14.7 Å². The quantitative estimate of drug-likeness (QED) is 0.656. The molecule has 0 amide bonds. The highest BCUT2D eigenvalue weighted by atomic mass is 16.6. The third-order valence-electron chi connectivity index (χ3n) is 3.23. The lowest BCUT2D eigenvalue weighted by Gasteiger charge is -2.27. The number of carbonyl (C=O) groups is 2. The molecule has 0 bridgehead atoms. The molecule has 1 fully saturated rings. The van der Waals surface area contributed by atoms with Crippen LogP contribution >= 0.6 is 0 Å². The van der Waals surface area contributed by atoms with Gasteiger partial charge in [0.05, 0.1) is 11.7 Å². The van der Waals surface area contributed by atoms with Crippen molar-refractivity contribution < 1.29 is 19.4 Å². The average Bonchev–Trinajstić information content (AvgIpc) is 2.41. The van der Waals surface area contributed by atoms with E-state index in [0.717, 1.165) is 12.8 Å². The number of rotatable bonds is 3. The zero-order chi connectivity index (χ0) is 13.0. The standard InChI is InChI=1S/C14H16O4/c15-9-10-5-1-2-6-11(10)14(17)18-13-8-4-3-7-12(13)16/h1-2,5-6,9,12-13,16H,3-4,7-8H2. The zero-order valence-electron chi connectivity index (χ0n) is 10.0. The van der Waals surface area contributed by atoms with Crippen molar-refractivity contribution in [1.82, 2.24) is 0 Å². The van der Waals surface area contributed by atoms with Gasteiger partial charge in [0.25, 0.3) is 0 Å². The molecule has 18 heavy (non-hydrogen) atoms. The van der Waals surface area contributed by atoms with Crippen molar-refractivity contribution in [2.24, 2.45) is 0 Å². The molecule has 2 atom stereocenters. The van der Waals surface area contributed by atoms with Gasteiger partial charge < -0.3 is 9.84 Å². The van der Waals surface area contributed by atoms with Crippen LogP contribution < -0.4 is 0 Å². The van der Waals surface area contributed by atoms with Crippen LogP contribution in [0.3, 0.4) is 0 Å². The second-order valence-corrected chi connectivity index (χ2v) is 4.50. The number of hydrogen-bond acceptors (Lipinski definition) is 4. The number of aliphatic hydroxyl groups is 1. The van der Waals surface area contributed by atoms with E-state index in [4.69, 9.17) is 4.74 Å². The Morgan fingerprint density at radius 2 is 2.00 bits per heavy atom. The number of carbonyl (C=O) groups excluding carboxylic acids is 2. The van der Waals surface area contributed by atoms with Gasteiger partial charge in [-0.15, -0.1) is 0 Å². The van der Waals surface area contributed by atoms with Crippen molar-refractivity contribution in [3.8, 4) is 0 Å². The third-order valence-corrected chi connectivity index (χ3v) is 3.23. The van der Waals surface area contributed by atoms with Crippen LogP contribution in [0.4, 0.5) is 0 Å². The first-order valence-electron chi connectivity index (χ1n) is 6.15. The maximum atomic E-state index is 11.9. The first-order valence-corrected chi connectivity index (χ1v) is 6.15. The maximum absolute atomic E-state index is 11.9. The Bertz CT molecular complexity index is 441. The molecular weight excluding hydrogens is 232 g/mol. The first-order chi connectivity index (χ1) is 8.72. The van der Waals surface area contributed by atoms with Crippen molar-refractivity contribution >= 4 is 12.3 Å². The van der Waals surface area contributed by atoms with E-state index in [-0.39, 0.29) is 5.56 Å². The molecule has 1 aromatic rings. The minimum atomic E-state index is -0.592. The molecule has 2 unspecified atom stereocenters. The fourth-order valence-electron chi connectivity index (χ4n) is 2.20. The predicted molar refractivity (Wildman–Crippen MR) is 65.5 cm³/mol. The SMILES string of the molecule is O=Cc1ccccc1C(=O)OC1CCCCC1O. The summed E-state index contributed by atoms with van der Waals surface area (Å²) in [4.78, 5) is 22.8. The Labute approximate surface area is 106 Å². The lowest BCUT2D eigenvalue weighted by atomic mass is 9.95. The highest BCUT2D eigenvalue weighted by Crippen LogP contribution is 2.22. The summed E-state index contributed by atoms with van der Waals surface area (Å²) in [6.07, 6.45) is 2.83. The number of hydrogen-bond donors (Lipinski definition) is 1. The van der Waals surface area contributed by atoms with E-state index in [1.165, 1.54) is 0 Å². The summed E-state index contributed by atoms with van der Waals surface area (Å²) in [5.74, 6) is -0.538. The molecule has 0 saturated heterocycles. The van der Waals surface area contributed by atoms with Crippen molar-refractivity contribution in [1.29, 1.82) is 0 Å². The van der Waals surface area contributed by atoms with Crippen LogP contribution in [0.2, 0.25) is 0 Å². The van der Waals surface area contributed by atoms with Crippen molar-refractivity contribution in [3.05, 3.63) is 35.4 Å². The minimum Gasteiger partial charge on any atom is -0.456 e. The van der Waals surface area contributed by atoms with E-state index < -0.39 is 18.2 Å². The Morgan fingerprint density at radius 3 is 2.72 bits per heavy atom. The molecule has 1 aromatic carbocycles. The van der Waals surface area contributed by atoms with E-state index in [0.29, 0.717) is 24.7 Å². The molecule has 0 heterocycles. The third kappa shape index (κ3) is 2.76. The number of aliphatic hydroxyl groups excluding tert-OH is 1. The number of benzene rings is 1. The molecule has 1 aliphatic carbocycles. The summed E-state index contributed by atoms with van der Waals surface area (Å²) in [5, 5.41) is 9.74. The van der Waals surface area contributed by atoms with Crippen LogP contribution in [-0.2, 0) is 4.74 Å². The normalized spacial score (nSPS) is 23.4. The minimum absolute atomic E-state index is 0.255. The Balaban J connectivity index is 2.09. The van der Waals surface area contributed by atoms with Gasteiger partial charge in [0.1, 0.15) is 6.10 Å². The van der Waals surface area contributed by atoms with E-state index >= 15 is 0 Å². The smallest absolute Gasteiger partial charge is 0.339 e. The monoisotopic (exact) mass is 248 g/mol. The van der Waals surface area contributed by atoms with Gasteiger partial charge in [-0.05, 0) is 25.3 Å². The number of esters is 1. The Kier molecular flexibility index (Phi) is 4.10. The average molecular weight is 248 g/mol. The molecule has 0 aromatic heterocycles. The Morgan fingerprint density at radius 1 is 1.28 bits per heavy atom. The summed E-state index contributed by atoms with van der Waals surface area (Å²) < 4.78 is 5.28. The van der Waals surface area contributed by atoms with Crippen LogP contribution in [0.15, 0.2) is 24.3 Å². The van der Waals surface area contributed by atoms with Gasteiger partial charge in [0.2, 0.25) is 0 Å². The van der Waals surface area contributed by atoms with E-state index in [1.807, 2.05) is 0 Å². The molecule has 4 heteroatoms. The van der Waals surface area contributed by atoms with Gasteiger partial charge >= 0.3 is 5.97 Å². The highest BCUT2D eigenvalue weighted by molar-refractivity contribution is 5.98. The molecule has 4 nitrogen and oxygen atoms in total. The number of ether oxygens (including phenoxy) is 1. The van der Waals surface area contributed by atoms with Crippen LogP contribution in [0.25, 0.3) is 0 Å². The van der Waals surface area contributed by atoms with Crippen LogP contribution in [-0.4, -0.2) is 29.6 Å². The van der Waals surface area contributed by atoms with Gasteiger partial charge in [-0.25, -0.2) is 4.79 Å². The highest BCUT2D eigenvalue weighted by Gasteiger charge is 2.27. The second kappa shape index (κ2) is 5.78. The molecule has 2 rings (SSSR count). The molecule has 1 N–H and O–H groups in total. The summed E-state index contributed by atoms with van der Waals surface area (Å²) >= 11 is 0. The lowest BCUT2D eigenvalue weighted by Crippen LogP contribution is -2.34. The fraction of sp³-hybridized carbons (Fsp3) is 0.429. The molecule has 0 spiro atoms. The molecule has 0 radical (unpaired) electrons. The van der Waals surface area contributed by atoms with E-state index in [2.05, 4.69) is 0 Å². The summed E-state index contributed by atoms with van der Waals surface area (Å²) in [6, 6.07) is 6.50. The van der Waals surface area contributed by atoms with Gasteiger partial charge in [-0.1, -0.05) is 24.6 Å². The van der Waals surface area contributed by atoms with Crippen LogP contribution in [0.5, 0.6) is 0 Å². The van der Waals surface area contributed by atoms with Gasteiger partial charge in [0.15, 0.2) is 6.29 Å². The van der Waals surface area contributed by atoms with Crippen molar-refractivity contribution in [2.45, 2.75) is 37.9 Å². The van der Waals surface area contributed by atoms with Gasteiger partial charge in [0, 0.05) is 5.56 Å². The Hall–Kier alpha value is -1.68. The van der Waals surface area contributed by atoms with Crippen LogP contribution in [0.1, 0.15) is 46.4 Å². The van der Waals surface area contributed by atoms with Crippen molar-refractivity contribution in [2.75, 3.05) is 0 Å². The predicted octanol–water partition coefficient (Wildman–Crippen LogP) is 1.96. The number of aldehydes is 1. The molecular formula is C14H16O4. The van der Waals surface area contributed by atoms with Crippen LogP contribution in [0, 0.1) is 0 Å². The zero-order valence-corrected chi connectivity index (χ0v) is 10.0. The first kappa shape index (κ1) is 12.8. The van der Waals surface area contributed by atoms with Gasteiger partial charge in [-0.2, -0.15) is 0 Å². The molecule has 96 valence electrons. The summed E-state index contributed by atoms with van der Waals surface area (Å²) in [7, 11) is 0. The lowest BCUT2D eigenvalue weighted by molar-refractivity contribution is -0.0361. The second-order valence-electron chi connectivity index (χ2n) is 4.50. The van der Waals surface area contributed by atoms with Gasteiger partial charge in [-0.3, -0.25) is 4.79 Å². The molecule has 1 aliphatic rings. The molecule has 1 saturated carbocycles. The topological polar surface area (TPSA) is 63.6 Å². The largest absolute Gasteiger partial charge is 0.456 e. The maximum Gasteiger partial charge on any atom is 0.339 e. The molecule has 0 aliphatic heterocycles. The summed E-state index contributed by atoms with van der Waals surface area (Å²) in [5.41, 5.74) is 0.568. The summed E-state index contributed by atoms with van der Waals surface area (Å²) in [6.45, 7) is 0.